The fourth-order valence-corrected chi connectivity index (χ4v) is 2.89. The number of sulfonamides is 1. The summed E-state index contributed by atoms with van der Waals surface area (Å²) in [5.74, 6) is 0. The average molecular weight is 254 g/mol. The minimum absolute atomic E-state index is 0.0378. The van der Waals surface area contributed by atoms with Crippen LogP contribution in [-0.2, 0) is 10.0 Å². The van der Waals surface area contributed by atoms with Crippen molar-refractivity contribution in [3.05, 3.63) is 0 Å². The van der Waals surface area contributed by atoms with Gasteiger partial charge in [-0.3, -0.25) is 0 Å². The Bertz CT molecular complexity index is 343. The summed E-state index contributed by atoms with van der Waals surface area (Å²) >= 11 is 6.04. The van der Waals surface area contributed by atoms with E-state index in [2.05, 4.69) is 4.72 Å². The van der Waals surface area contributed by atoms with Gasteiger partial charge in [0.25, 0.3) is 0 Å². The Morgan fingerprint density at radius 2 is 1.80 bits per heavy atom. The fraction of sp³-hybridized carbons (Fsp3) is 1.00. The summed E-state index contributed by atoms with van der Waals surface area (Å²) in [6.45, 7) is 9.06. The highest BCUT2D eigenvalue weighted by Gasteiger charge is 2.49. The lowest BCUT2D eigenvalue weighted by Crippen LogP contribution is -2.61. The Hall–Kier alpha value is 0.200. The first-order chi connectivity index (χ1) is 6.48. The van der Waals surface area contributed by atoms with E-state index < -0.39 is 14.8 Å². The highest BCUT2D eigenvalue weighted by atomic mass is 35.5. The second-order valence-corrected chi connectivity index (χ2v) is 8.80. The van der Waals surface area contributed by atoms with Gasteiger partial charge in [-0.2, -0.15) is 0 Å². The zero-order chi connectivity index (χ0) is 12.1. The third kappa shape index (κ3) is 2.32. The zero-order valence-electron chi connectivity index (χ0n) is 9.96. The lowest BCUT2D eigenvalue weighted by Gasteiger charge is -2.49. The molecule has 1 N–H and O–H groups in total. The van der Waals surface area contributed by atoms with Crippen molar-refractivity contribution in [2.75, 3.05) is 0 Å². The van der Waals surface area contributed by atoms with Crippen molar-refractivity contribution in [3.8, 4) is 0 Å². The normalized spacial score (nSPS) is 31.1. The maximum Gasteiger partial charge on any atom is 0.216 e. The molecule has 0 aromatic heterocycles. The Labute approximate surface area is 97.6 Å². The first-order valence-corrected chi connectivity index (χ1v) is 7.06. The van der Waals surface area contributed by atoms with Crippen LogP contribution in [-0.4, -0.2) is 24.6 Å². The molecule has 0 heterocycles. The van der Waals surface area contributed by atoms with E-state index >= 15 is 0 Å². The number of hydrogen-bond acceptors (Lipinski definition) is 2. The molecule has 1 saturated carbocycles. The van der Waals surface area contributed by atoms with Crippen LogP contribution >= 0.6 is 11.6 Å². The van der Waals surface area contributed by atoms with Crippen LogP contribution in [0, 0.1) is 5.41 Å². The Balaban J connectivity index is 2.74. The van der Waals surface area contributed by atoms with Gasteiger partial charge in [-0.15, -0.1) is 11.6 Å². The maximum absolute atomic E-state index is 11.9. The van der Waals surface area contributed by atoms with Crippen LogP contribution in [0.5, 0.6) is 0 Å². The van der Waals surface area contributed by atoms with E-state index in [1.165, 1.54) is 0 Å². The molecule has 0 radical (unpaired) electrons. The van der Waals surface area contributed by atoms with Gasteiger partial charge in [0.2, 0.25) is 10.0 Å². The number of nitrogens with one attached hydrogen (secondary N) is 1. The third-order valence-corrected chi connectivity index (χ3v) is 6.20. The molecule has 0 spiro atoms. The van der Waals surface area contributed by atoms with Crippen molar-refractivity contribution < 1.29 is 8.42 Å². The van der Waals surface area contributed by atoms with Crippen molar-refractivity contribution in [3.63, 3.8) is 0 Å². The first-order valence-electron chi connectivity index (χ1n) is 5.14. The van der Waals surface area contributed by atoms with Gasteiger partial charge < -0.3 is 0 Å². The SMILES string of the molecule is CC1(C)C(Cl)CC1NS(=O)(=O)C(C)(C)C. The minimum atomic E-state index is -3.26. The van der Waals surface area contributed by atoms with Crippen LogP contribution in [0.25, 0.3) is 0 Å². The molecule has 0 saturated heterocycles. The summed E-state index contributed by atoms with van der Waals surface area (Å²) in [7, 11) is -3.26. The largest absolute Gasteiger partial charge is 0.216 e. The maximum atomic E-state index is 11.9. The molecule has 5 heteroatoms. The van der Waals surface area contributed by atoms with Crippen molar-refractivity contribution >= 4 is 21.6 Å². The molecular weight excluding hydrogens is 234 g/mol. The van der Waals surface area contributed by atoms with Crippen LogP contribution in [0.3, 0.4) is 0 Å². The summed E-state index contributed by atoms with van der Waals surface area (Å²) in [6, 6.07) is -0.0378. The van der Waals surface area contributed by atoms with Gasteiger partial charge in [0.15, 0.2) is 0 Å². The van der Waals surface area contributed by atoms with Gasteiger partial charge in [-0.25, -0.2) is 13.1 Å². The van der Waals surface area contributed by atoms with Gasteiger partial charge in [-0.1, -0.05) is 13.8 Å². The second kappa shape index (κ2) is 3.60. The van der Waals surface area contributed by atoms with Gasteiger partial charge in [0, 0.05) is 11.4 Å². The number of hydrogen-bond donors (Lipinski definition) is 1. The molecule has 0 bridgehead atoms. The Morgan fingerprint density at radius 3 is 2.07 bits per heavy atom. The Morgan fingerprint density at radius 1 is 1.33 bits per heavy atom. The van der Waals surface area contributed by atoms with Gasteiger partial charge >= 0.3 is 0 Å². The van der Waals surface area contributed by atoms with E-state index in [1.807, 2.05) is 13.8 Å². The molecule has 1 fully saturated rings. The van der Waals surface area contributed by atoms with Crippen molar-refractivity contribution in [2.24, 2.45) is 5.41 Å². The number of rotatable bonds is 2. The molecule has 2 unspecified atom stereocenters. The van der Waals surface area contributed by atoms with E-state index in [9.17, 15) is 8.42 Å². The van der Waals surface area contributed by atoms with Crippen molar-refractivity contribution in [1.29, 1.82) is 0 Å². The van der Waals surface area contributed by atoms with Gasteiger partial charge in [-0.05, 0) is 32.6 Å². The summed E-state index contributed by atoms with van der Waals surface area (Å²) in [4.78, 5) is 0. The highest BCUT2D eigenvalue weighted by Crippen LogP contribution is 2.44. The lowest BCUT2D eigenvalue weighted by atomic mass is 9.67. The van der Waals surface area contributed by atoms with Crippen LogP contribution in [0.15, 0.2) is 0 Å². The van der Waals surface area contributed by atoms with E-state index in [-0.39, 0.29) is 16.8 Å². The summed E-state index contributed by atoms with van der Waals surface area (Å²) in [5, 5.41) is 0.0603. The smallest absolute Gasteiger partial charge is 0.212 e. The molecule has 15 heavy (non-hydrogen) atoms. The number of alkyl halides is 1. The molecule has 0 aromatic rings. The molecule has 1 aliphatic carbocycles. The quantitative estimate of drug-likeness (QED) is 0.767. The van der Waals surface area contributed by atoms with Gasteiger partial charge in [0.05, 0.1) is 4.75 Å². The predicted octanol–water partition coefficient (Wildman–Crippen LogP) is 2.11. The number of halogens is 1. The standard InChI is InChI=1S/C10H20ClNO2S/c1-9(2,3)15(13,14)12-8-6-7(11)10(8,4)5/h7-8,12H,6H2,1-5H3. The van der Waals surface area contributed by atoms with Crippen LogP contribution in [0.2, 0.25) is 0 Å². The summed E-state index contributed by atoms with van der Waals surface area (Å²) in [5.41, 5.74) is -0.153. The summed E-state index contributed by atoms with van der Waals surface area (Å²) in [6.07, 6.45) is 0.712. The molecule has 0 aliphatic heterocycles. The molecule has 90 valence electrons. The van der Waals surface area contributed by atoms with Crippen LogP contribution in [0.4, 0.5) is 0 Å². The van der Waals surface area contributed by atoms with Gasteiger partial charge in [0.1, 0.15) is 0 Å². The molecule has 0 amide bonds. The Kier molecular flexibility index (Phi) is 3.19. The monoisotopic (exact) mass is 253 g/mol. The topological polar surface area (TPSA) is 46.2 Å². The van der Waals surface area contributed by atoms with E-state index in [1.54, 1.807) is 20.8 Å². The van der Waals surface area contributed by atoms with Crippen LogP contribution < -0.4 is 4.72 Å². The predicted molar refractivity (Wildman–Crippen MR) is 63.6 cm³/mol. The molecule has 3 nitrogen and oxygen atoms in total. The molecule has 1 aliphatic rings. The third-order valence-electron chi connectivity index (χ3n) is 3.25. The highest BCUT2D eigenvalue weighted by molar-refractivity contribution is 7.90. The average Bonchev–Trinajstić information content (AvgIpc) is 2.01. The second-order valence-electron chi connectivity index (χ2n) is 5.81. The lowest BCUT2D eigenvalue weighted by molar-refractivity contribution is 0.136. The minimum Gasteiger partial charge on any atom is -0.212 e. The van der Waals surface area contributed by atoms with E-state index in [0.29, 0.717) is 6.42 Å². The molecule has 2 atom stereocenters. The van der Waals surface area contributed by atoms with Crippen molar-refractivity contribution in [1.82, 2.24) is 4.72 Å². The zero-order valence-corrected chi connectivity index (χ0v) is 11.5. The first kappa shape index (κ1) is 13.3. The fourth-order valence-electron chi connectivity index (χ4n) is 1.44. The summed E-state index contributed by atoms with van der Waals surface area (Å²) < 4.78 is 25.8. The van der Waals surface area contributed by atoms with E-state index in [4.69, 9.17) is 11.6 Å². The van der Waals surface area contributed by atoms with Crippen LogP contribution in [0.1, 0.15) is 41.0 Å². The molecular formula is C10H20ClNO2S. The van der Waals surface area contributed by atoms with Crippen molar-refractivity contribution in [2.45, 2.75) is 57.2 Å². The molecule has 0 aromatic carbocycles. The van der Waals surface area contributed by atoms with E-state index in [0.717, 1.165) is 0 Å². The molecule has 1 rings (SSSR count).